The third-order valence-corrected chi connectivity index (χ3v) is 10.6. The van der Waals surface area contributed by atoms with Crippen LogP contribution in [0.5, 0.6) is 5.75 Å². The van der Waals surface area contributed by atoms with Crippen molar-refractivity contribution in [2.45, 2.75) is 38.9 Å². The number of amides is 1. The van der Waals surface area contributed by atoms with Gasteiger partial charge in [-0.2, -0.15) is 5.10 Å². The molecule has 2 aliphatic rings. The van der Waals surface area contributed by atoms with E-state index < -0.39 is 11.6 Å². The molecule has 2 unspecified atom stereocenters. The molecule has 0 N–H and O–H groups in total. The predicted octanol–water partition coefficient (Wildman–Crippen LogP) is 7.44. The Bertz CT molecular complexity index is 2060. The minimum atomic E-state index is -0.764. The Kier molecular flexibility index (Phi) is 8.61. The number of rotatable bonds is 8. The molecule has 0 bridgehead atoms. The molecule has 0 aliphatic carbocycles. The minimum absolute atomic E-state index is 0.0574. The first-order valence-corrected chi connectivity index (χ1v) is 16.9. The number of carbonyl (C=O) groups is 1. The van der Waals surface area contributed by atoms with Crippen molar-refractivity contribution in [1.29, 1.82) is 0 Å². The second kappa shape index (κ2) is 12.9. The number of fused-ring (bicyclic) bond motifs is 3. The van der Waals surface area contributed by atoms with Crippen LogP contribution in [0.4, 0.5) is 8.78 Å². The maximum atomic E-state index is 16.1. The fourth-order valence-electron chi connectivity index (χ4n) is 6.94. The molecule has 1 amide bonds. The highest BCUT2D eigenvalue weighted by atomic mass is 32.1. The molecule has 5 aromatic rings. The van der Waals surface area contributed by atoms with Gasteiger partial charge in [-0.15, -0.1) is 11.3 Å². The summed E-state index contributed by atoms with van der Waals surface area (Å²) < 4.78 is 44.6. The summed E-state index contributed by atoms with van der Waals surface area (Å²) in [5.74, 6) is -1.61. The van der Waals surface area contributed by atoms with Gasteiger partial charge in [-0.05, 0) is 68.1 Å². The van der Waals surface area contributed by atoms with E-state index in [4.69, 9.17) is 19.6 Å². The SMILES string of the molecule is C=CC(=O)N1CCn2nc(-c3nc(-c4ccc5c(c4)CCN(C)C5C)c4ccsc4c3-c3c(F)cc(F)cc3OCCOC)cc2C1C. The number of halogens is 2. The van der Waals surface area contributed by atoms with Crippen LogP contribution in [0.15, 0.2) is 60.5 Å². The normalized spacial score (nSPS) is 17.8. The number of aromatic nitrogens is 3. The Morgan fingerprint density at radius 3 is 2.67 bits per heavy atom. The van der Waals surface area contributed by atoms with Crippen molar-refractivity contribution in [2.24, 2.45) is 0 Å². The van der Waals surface area contributed by atoms with E-state index in [1.54, 1.807) is 4.90 Å². The number of pyridine rings is 1. The molecule has 11 heteroatoms. The van der Waals surface area contributed by atoms with E-state index >= 15 is 4.39 Å². The van der Waals surface area contributed by atoms with Crippen molar-refractivity contribution in [3.05, 3.63) is 89.0 Å². The zero-order valence-corrected chi connectivity index (χ0v) is 28.2. The Balaban J connectivity index is 1.48. The molecule has 2 atom stereocenters. The van der Waals surface area contributed by atoms with E-state index in [1.807, 2.05) is 29.1 Å². The van der Waals surface area contributed by atoms with Crippen molar-refractivity contribution in [3.63, 3.8) is 0 Å². The molecule has 0 saturated heterocycles. The first kappa shape index (κ1) is 32.1. The van der Waals surface area contributed by atoms with Crippen molar-refractivity contribution in [2.75, 3.05) is 40.5 Å². The van der Waals surface area contributed by atoms with Crippen LogP contribution in [0.1, 0.15) is 42.8 Å². The Morgan fingerprint density at radius 2 is 1.88 bits per heavy atom. The number of hydrogen-bond acceptors (Lipinski definition) is 7. The molecule has 2 aromatic carbocycles. The van der Waals surface area contributed by atoms with Gasteiger partial charge in [0.15, 0.2) is 0 Å². The molecular formula is C37H37F2N5O3S. The zero-order valence-electron chi connectivity index (χ0n) is 27.4. The topological polar surface area (TPSA) is 72.7 Å². The fraction of sp³-hybridized carbons (Fsp3) is 0.324. The summed E-state index contributed by atoms with van der Waals surface area (Å²) in [6.45, 7) is 10.1. The van der Waals surface area contributed by atoms with E-state index in [1.165, 1.54) is 41.7 Å². The molecule has 48 heavy (non-hydrogen) atoms. The summed E-state index contributed by atoms with van der Waals surface area (Å²) in [4.78, 5) is 22.0. The number of likely N-dealkylation sites (N-methyl/N-ethyl adjacent to an activating group) is 1. The lowest BCUT2D eigenvalue weighted by atomic mass is 9.90. The number of benzene rings is 2. The highest BCUT2D eigenvalue weighted by Crippen LogP contribution is 2.48. The Labute approximate surface area is 282 Å². The van der Waals surface area contributed by atoms with Gasteiger partial charge in [-0.1, -0.05) is 18.7 Å². The molecule has 5 heterocycles. The third-order valence-electron chi connectivity index (χ3n) is 9.64. The first-order chi connectivity index (χ1) is 23.2. The maximum Gasteiger partial charge on any atom is 0.246 e. The van der Waals surface area contributed by atoms with Crippen LogP contribution in [0.25, 0.3) is 43.9 Å². The van der Waals surface area contributed by atoms with Gasteiger partial charge in [0, 0.05) is 59.6 Å². The summed E-state index contributed by atoms with van der Waals surface area (Å²) in [6, 6.07) is 12.5. The molecule has 0 radical (unpaired) electrons. The molecule has 0 fully saturated rings. The van der Waals surface area contributed by atoms with Gasteiger partial charge >= 0.3 is 0 Å². The molecule has 8 nitrogen and oxygen atoms in total. The van der Waals surface area contributed by atoms with Gasteiger partial charge in [0.05, 0.1) is 36.1 Å². The lowest BCUT2D eigenvalue weighted by Crippen LogP contribution is -2.40. The lowest BCUT2D eigenvalue weighted by Gasteiger charge is -2.33. The first-order valence-electron chi connectivity index (χ1n) is 16.1. The van der Waals surface area contributed by atoms with Gasteiger partial charge in [0.1, 0.15) is 35.4 Å². The summed E-state index contributed by atoms with van der Waals surface area (Å²) in [7, 11) is 3.68. The van der Waals surface area contributed by atoms with E-state index in [0.717, 1.165) is 46.1 Å². The summed E-state index contributed by atoms with van der Waals surface area (Å²) >= 11 is 1.46. The van der Waals surface area contributed by atoms with Crippen molar-refractivity contribution in [1.82, 2.24) is 24.6 Å². The van der Waals surface area contributed by atoms with Gasteiger partial charge in [0.25, 0.3) is 0 Å². The van der Waals surface area contributed by atoms with Crippen molar-refractivity contribution < 1.29 is 23.0 Å². The van der Waals surface area contributed by atoms with Crippen LogP contribution in [0.2, 0.25) is 0 Å². The van der Waals surface area contributed by atoms with Crippen LogP contribution in [0, 0.1) is 11.6 Å². The van der Waals surface area contributed by atoms with Crippen molar-refractivity contribution in [3.8, 4) is 39.5 Å². The number of methoxy groups -OCH3 is 1. The van der Waals surface area contributed by atoms with Crippen LogP contribution < -0.4 is 4.74 Å². The van der Waals surface area contributed by atoms with Crippen LogP contribution in [-0.2, 0) is 22.5 Å². The standard InChI is InChI=1S/C37H37F2N5O3S/c1-6-32(45)43-12-13-44-30(22(43)3)20-29(41-44)36-34(33-28(39)18-25(38)19-31(33)47-15-14-46-5)37-27(10-16-48-37)35(40-36)24-7-8-26-21(2)42(4)11-9-23(26)17-24/h6-8,10,16-22H,1,9,11-15H2,2-5H3. The Hall–Kier alpha value is -4.45. The number of thiophene rings is 1. The van der Waals surface area contributed by atoms with Crippen molar-refractivity contribution >= 4 is 27.3 Å². The minimum Gasteiger partial charge on any atom is -0.490 e. The van der Waals surface area contributed by atoms with Crippen LogP contribution in [0.3, 0.4) is 0 Å². The highest BCUT2D eigenvalue weighted by molar-refractivity contribution is 7.18. The van der Waals surface area contributed by atoms with Gasteiger partial charge in [0.2, 0.25) is 5.91 Å². The quantitative estimate of drug-likeness (QED) is 0.126. The molecule has 7 rings (SSSR count). The summed E-state index contributed by atoms with van der Waals surface area (Å²) in [5, 5.41) is 7.79. The summed E-state index contributed by atoms with van der Waals surface area (Å²) in [6.07, 6.45) is 2.25. The largest absolute Gasteiger partial charge is 0.490 e. The second-order valence-corrected chi connectivity index (χ2v) is 13.3. The molecule has 248 valence electrons. The molecule has 0 saturated carbocycles. The van der Waals surface area contributed by atoms with Gasteiger partial charge in [-0.25, -0.2) is 13.8 Å². The van der Waals surface area contributed by atoms with E-state index in [9.17, 15) is 9.18 Å². The molecular weight excluding hydrogens is 633 g/mol. The van der Waals surface area contributed by atoms with Gasteiger partial charge in [-0.3, -0.25) is 14.4 Å². The molecule has 3 aromatic heterocycles. The monoisotopic (exact) mass is 669 g/mol. The Morgan fingerprint density at radius 1 is 1.04 bits per heavy atom. The predicted molar refractivity (Wildman–Crippen MR) is 184 cm³/mol. The average Bonchev–Trinajstić information content (AvgIpc) is 3.74. The number of hydrogen-bond donors (Lipinski definition) is 0. The number of ether oxygens (including phenoxy) is 2. The van der Waals surface area contributed by atoms with Crippen LogP contribution >= 0.6 is 11.3 Å². The van der Waals surface area contributed by atoms with Crippen LogP contribution in [-0.4, -0.2) is 70.9 Å². The fourth-order valence-corrected chi connectivity index (χ4v) is 7.89. The number of carbonyl (C=O) groups excluding carboxylic acids is 1. The number of nitrogens with zero attached hydrogens (tertiary/aromatic N) is 5. The summed E-state index contributed by atoms with van der Waals surface area (Å²) in [5.41, 5.74) is 6.68. The van der Waals surface area contributed by atoms with E-state index in [-0.39, 0.29) is 36.5 Å². The smallest absolute Gasteiger partial charge is 0.246 e. The maximum absolute atomic E-state index is 16.1. The highest BCUT2D eigenvalue weighted by Gasteiger charge is 2.32. The molecule has 2 aliphatic heterocycles. The average molecular weight is 670 g/mol. The van der Waals surface area contributed by atoms with E-state index in [2.05, 4.69) is 43.6 Å². The zero-order chi connectivity index (χ0) is 33.7. The second-order valence-electron chi connectivity index (χ2n) is 12.4. The lowest BCUT2D eigenvalue weighted by molar-refractivity contribution is -0.129. The van der Waals surface area contributed by atoms with Gasteiger partial charge < -0.3 is 14.4 Å². The third kappa shape index (κ3) is 5.49. The van der Waals surface area contributed by atoms with E-state index in [0.29, 0.717) is 36.1 Å². The molecule has 0 spiro atoms.